The molecule has 3 rings (SSSR count). The largest absolute Gasteiger partial charge is 1.00 e. The van der Waals surface area contributed by atoms with Crippen molar-refractivity contribution in [3.05, 3.63) is 66.5 Å². The van der Waals surface area contributed by atoms with E-state index < -0.39 is 37.6 Å². The Bertz CT molecular complexity index is 1180. The molecule has 0 spiro atoms. The molecule has 2 unspecified atom stereocenters. The number of rotatable bonds is 19. The van der Waals surface area contributed by atoms with Crippen LogP contribution in [0, 0.1) is 11.6 Å². The molecule has 0 fully saturated rings. The van der Waals surface area contributed by atoms with Gasteiger partial charge in [-0.1, -0.05) is 51.5 Å². The molecule has 0 N–H and O–H groups in total. The predicted octanol–water partition coefficient (Wildman–Crippen LogP) is 1.54. The van der Waals surface area contributed by atoms with Crippen molar-refractivity contribution in [2.75, 3.05) is 13.2 Å². The van der Waals surface area contributed by atoms with Gasteiger partial charge in [0.25, 0.3) is 7.82 Å². The predicted molar refractivity (Wildman–Crippen MR) is 138 cm³/mol. The Morgan fingerprint density at radius 3 is 2.44 bits per heavy atom. The zero-order chi connectivity index (χ0) is 28.8. The molecule has 220 valence electrons. The van der Waals surface area contributed by atoms with Crippen molar-refractivity contribution in [2.24, 2.45) is 0 Å². The molecule has 0 aliphatic heterocycles. The van der Waals surface area contributed by atoms with Gasteiger partial charge in [-0.15, -0.1) is 0 Å². The van der Waals surface area contributed by atoms with Crippen LogP contribution in [0.2, 0.25) is 0 Å². The van der Waals surface area contributed by atoms with Crippen LogP contribution in [0.15, 0.2) is 49.3 Å². The third-order valence-corrected chi connectivity index (χ3v) is 7.22. The van der Waals surface area contributed by atoms with E-state index >= 15 is 4.39 Å². The van der Waals surface area contributed by atoms with E-state index in [1.54, 1.807) is 6.07 Å². The maximum atomic E-state index is 15.1. The van der Waals surface area contributed by atoms with Crippen LogP contribution in [0.25, 0.3) is 0 Å². The first kappa shape index (κ1) is 35.2. The number of carbonyl (C=O) groups excluding carboxylic acids is 1. The van der Waals surface area contributed by atoms with E-state index in [-0.39, 0.29) is 61.2 Å². The molecule has 15 heteroatoms. The minimum atomic E-state index is -5.15. The van der Waals surface area contributed by atoms with E-state index in [1.165, 1.54) is 53.7 Å². The van der Waals surface area contributed by atoms with Gasteiger partial charge in [-0.3, -0.25) is 14.0 Å². The molecule has 0 saturated heterocycles. The number of esters is 1. The number of hydrogen-bond acceptors (Lipinski definition) is 9. The average molecular weight is 606 g/mol. The van der Waals surface area contributed by atoms with Crippen LogP contribution in [0.3, 0.4) is 0 Å². The van der Waals surface area contributed by atoms with Crippen LogP contribution in [0.5, 0.6) is 0 Å². The summed E-state index contributed by atoms with van der Waals surface area (Å²) < 4.78 is 60.0. The molecule has 2 aromatic heterocycles. The average Bonchev–Trinajstić information content (AvgIpc) is 3.60. The number of halogens is 2. The monoisotopic (exact) mass is 605 g/mol. The number of nitrogens with zero attached hydrogens (tertiary/aromatic N) is 5. The summed E-state index contributed by atoms with van der Waals surface area (Å²) in [7, 11) is -5.15. The van der Waals surface area contributed by atoms with E-state index in [0.29, 0.717) is 12.5 Å². The second-order valence-electron chi connectivity index (χ2n) is 9.38. The smallest absolute Gasteiger partial charge is 0.756 e. The van der Waals surface area contributed by atoms with Gasteiger partial charge in [0.15, 0.2) is 0 Å². The number of ether oxygens (including phenoxy) is 1. The Balaban J connectivity index is 0.00000588. The third kappa shape index (κ3) is 12.0. The molecule has 0 radical (unpaired) electrons. The van der Waals surface area contributed by atoms with Crippen molar-refractivity contribution in [3.8, 4) is 0 Å². The number of hydrogen-bond donors (Lipinski definition) is 0. The van der Waals surface area contributed by atoms with Crippen LogP contribution in [-0.4, -0.2) is 43.7 Å². The fourth-order valence-electron chi connectivity index (χ4n) is 4.26. The summed E-state index contributed by atoms with van der Waals surface area (Å²) in [5.41, 5.74) is -2.26. The number of benzene rings is 1. The third-order valence-electron chi connectivity index (χ3n) is 6.15. The summed E-state index contributed by atoms with van der Waals surface area (Å²) in [6.07, 6.45) is 13.1. The second kappa shape index (κ2) is 17.8. The normalized spacial score (nSPS) is 14.1. The van der Waals surface area contributed by atoms with Gasteiger partial charge in [-0.05, 0) is 18.6 Å². The molecule has 1 aromatic carbocycles. The maximum Gasteiger partial charge on any atom is 1.00 e. The fourth-order valence-corrected chi connectivity index (χ4v) is 5.25. The van der Waals surface area contributed by atoms with Crippen molar-refractivity contribution < 1.29 is 66.4 Å². The molecule has 0 amide bonds. The Morgan fingerprint density at radius 1 is 1.05 bits per heavy atom. The molecule has 0 bridgehead atoms. The summed E-state index contributed by atoms with van der Waals surface area (Å²) in [5.74, 6) is -2.34. The van der Waals surface area contributed by atoms with Gasteiger partial charge in [-0.25, -0.2) is 18.4 Å². The first-order chi connectivity index (χ1) is 19.2. The van der Waals surface area contributed by atoms with Crippen molar-refractivity contribution >= 4 is 13.8 Å². The number of carbonyl (C=O) groups is 1. The van der Waals surface area contributed by atoms with Crippen LogP contribution in [0.4, 0.5) is 8.78 Å². The molecular weight excluding hydrogens is 570 g/mol. The van der Waals surface area contributed by atoms with Crippen LogP contribution < -0.4 is 34.5 Å². The zero-order valence-electron chi connectivity index (χ0n) is 23.5. The molecule has 2 heterocycles. The SMILES string of the molecule is CCCCCCCCCC(=O)OCCOP(=O)([O-])OC(Cn1cccn1)(Cn1cncn1)c1ccc(F)cc1F.[Na+]. The summed E-state index contributed by atoms with van der Waals surface area (Å²) in [4.78, 5) is 28.8. The van der Waals surface area contributed by atoms with E-state index in [4.69, 9.17) is 13.8 Å². The topological polar surface area (TPSA) is 133 Å². The Hall–Kier alpha value is -1.99. The molecule has 11 nitrogen and oxygen atoms in total. The van der Waals surface area contributed by atoms with E-state index in [9.17, 15) is 18.6 Å². The van der Waals surface area contributed by atoms with E-state index in [1.807, 2.05) is 0 Å². The Labute approximate surface area is 260 Å². The van der Waals surface area contributed by atoms with Crippen LogP contribution in [-0.2, 0) is 41.8 Å². The van der Waals surface area contributed by atoms with Gasteiger partial charge >= 0.3 is 35.5 Å². The number of unbranched alkanes of at least 4 members (excludes halogenated alkanes) is 6. The molecule has 0 saturated carbocycles. The number of aromatic nitrogens is 5. The molecule has 3 aromatic rings. The molecule has 0 aliphatic rings. The van der Waals surface area contributed by atoms with Crippen molar-refractivity contribution in [3.63, 3.8) is 0 Å². The van der Waals surface area contributed by atoms with Gasteiger partial charge in [0.2, 0.25) is 0 Å². The van der Waals surface area contributed by atoms with Gasteiger partial charge in [-0.2, -0.15) is 10.2 Å². The van der Waals surface area contributed by atoms with Gasteiger partial charge in [0.1, 0.15) is 36.5 Å². The van der Waals surface area contributed by atoms with Crippen molar-refractivity contribution in [1.82, 2.24) is 24.5 Å². The minimum absolute atomic E-state index is 0. The fraction of sp³-hybridized carbons (Fsp3) is 0.538. The number of phosphoric acid groups is 1. The van der Waals surface area contributed by atoms with Gasteiger partial charge in [0.05, 0.1) is 19.7 Å². The second-order valence-corrected chi connectivity index (χ2v) is 10.7. The summed E-state index contributed by atoms with van der Waals surface area (Å²) in [6.45, 7) is 0.700. The Morgan fingerprint density at radius 2 is 1.78 bits per heavy atom. The van der Waals surface area contributed by atoms with Gasteiger partial charge in [0, 0.05) is 30.4 Å². The molecule has 0 aliphatic carbocycles. The maximum absolute atomic E-state index is 15.1. The van der Waals surface area contributed by atoms with Crippen molar-refractivity contribution in [2.45, 2.75) is 77.0 Å². The number of phosphoric ester groups is 1. The zero-order valence-corrected chi connectivity index (χ0v) is 26.4. The van der Waals surface area contributed by atoms with Gasteiger partial charge < -0.3 is 18.7 Å². The minimum Gasteiger partial charge on any atom is -0.756 e. The summed E-state index contributed by atoms with van der Waals surface area (Å²) in [6, 6.07) is 4.30. The molecule has 2 atom stereocenters. The first-order valence-electron chi connectivity index (χ1n) is 13.3. The quantitative estimate of drug-likeness (QED) is 0.0864. The van der Waals surface area contributed by atoms with Crippen LogP contribution >= 0.6 is 7.82 Å². The summed E-state index contributed by atoms with van der Waals surface area (Å²) in [5, 5.41) is 8.07. The summed E-state index contributed by atoms with van der Waals surface area (Å²) >= 11 is 0. The Kier molecular flexibility index (Phi) is 15.3. The molecule has 41 heavy (non-hydrogen) atoms. The first-order valence-corrected chi connectivity index (χ1v) is 14.8. The van der Waals surface area contributed by atoms with E-state index in [2.05, 4.69) is 22.1 Å². The van der Waals surface area contributed by atoms with E-state index in [0.717, 1.165) is 31.4 Å². The molecular formula is C26H35F2N5NaO6P. The standard InChI is InChI=1S/C26H36F2N5O6P.Na/c1-2-3-4-5-6-7-8-10-25(34)37-15-16-38-40(35,36)39-26(18-32-14-9-13-30-32,19-33-21-29-20-31-33)23-12-11-22(27)17-24(23)28;/h9,11-14,17,20-21H,2-8,10,15-16,18-19H2,1H3,(H,35,36);/q;+1/p-1. The van der Waals surface area contributed by atoms with Crippen LogP contribution in [0.1, 0.15) is 63.9 Å². The van der Waals surface area contributed by atoms with Crippen molar-refractivity contribution in [1.29, 1.82) is 0 Å².